The third kappa shape index (κ3) is 3.01. The van der Waals surface area contributed by atoms with E-state index in [1.807, 2.05) is 23.2 Å². The highest BCUT2D eigenvalue weighted by Crippen LogP contribution is 2.23. The lowest BCUT2D eigenvalue weighted by Gasteiger charge is -2.04. The fourth-order valence-electron chi connectivity index (χ4n) is 0.971. The van der Waals surface area contributed by atoms with Crippen molar-refractivity contribution < 1.29 is 4.79 Å². The van der Waals surface area contributed by atoms with Crippen molar-refractivity contribution in [2.75, 3.05) is 0 Å². The third-order valence-corrected chi connectivity index (χ3v) is 3.76. The van der Waals surface area contributed by atoms with Gasteiger partial charge in [-0.3, -0.25) is 10.2 Å². The van der Waals surface area contributed by atoms with Gasteiger partial charge in [0.1, 0.15) is 0 Å². The molecular formula is C9H14N2OS2. The van der Waals surface area contributed by atoms with Gasteiger partial charge in [-0.05, 0) is 22.3 Å². The summed E-state index contributed by atoms with van der Waals surface area (Å²) in [5.74, 6) is 5.76. The number of nitrogens with one attached hydrogen (secondary N) is 1. The molecule has 0 aliphatic rings. The van der Waals surface area contributed by atoms with Crippen LogP contribution in [0.4, 0.5) is 0 Å². The average molecular weight is 230 g/mol. The van der Waals surface area contributed by atoms with E-state index in [1.54, 1.807) is 0 Å². The molecule has 5 heteroatoms. The first-order chi connectivity index (χ1) is 6.65. The molecule has 0 saturated heterocycles. The van der Waals surface area contributed by atoms with Crippen LogP contribution in [-0.2, 0) is 5.75 Å². The summed E-state index contributed by atoms with van der Waals surface area (Å²) in [6, 6.07) is 1.98. The molecule has 0 spiro atoms. The Morgan fingerprint density at radius 1 is 1.71 bits per heavy atom. The van der Waals surface area contributed by atoms with Crippen LogP contribution in [0.1, 0.15) is 29.1 Å². The Labute approximate surface area is 92.0 Å². The molecule has 0 aromatic carbocycles. The van der Waals surface area contributed by atoms with E-state index in [1.165, 1.54) is 11.3 Å². The number of hydrazine groups is 1. The lowest BCUT2D eigenvalue weighted by Crippen LogP contribution is -2.29. The van der Waals surface area contributed by atoms with E-state index in [4.69, 9.17) is 5.84 Å². The van der Waals surface area contributed by atoms with Gasteiger partial charge in [0.25, 0.3) is 5.91 Å². The predicted octanol–water partition coefficient (Wildman–Crippen LogP) is 1.99. The number of nitrogens with two attached hydrogens (primary N) is 1. The lowest BCUT2D eigenvalue weighted by atomic mass is 10.3. The molecule has 1 amide bonds. The van der Waals surface area contributed by atoms with Crippen molar-refractivity contribution in [3.05, 3.63) is 21.9 Å². The zero-order valence-corrected chi connectivity index (χ0v) is 9.87. The SMILES string of the molecule is CC(C)SCc1ccsc1C(=O)NN. The lowest BCUT2D eigenvalue weighted by molar-refractivity contribution is 0.0957. The van der Waals surface area contributed by atoms with Crippen molar-refractivity contribution >= 4 is 29.0 Å². The van der Waals surface area contributed by atoms with Crippen molar-refractivity contribution in [1.82, 2.24) is 5.43 Å². The molecule has 0 unspecified atom stereocenters. The van der Waals surface area contributed by atoms with E-state index >= 15 is 0 Å². The Morgan fingerprint density at radius 3 is 3.00 bits per heavy atom. The highest BCUT2D eigenvalue weighted by atomic mass is 32.2. The maximum Gasteiger partial charge on any atom is 0.275 e. The maximum absolute atomic E-state index is 11.3. The number of hydrogen-bond donors (Lipinski definition) is 2. The van der Waals surface area contributed by atoms with Crippen molar-refractivity contribution in [3.8, 4) is 0 Å². The van der Waals surface area contributed by atoms with Gasteiger partial charge in [-0.25, -0.2) is 5.84 Å². The molecule has 0 aliphatic carbocycles. The van der Waals surface area contributed by atoms with Crippen LogP contribution in [0, 0.1) is 0 Å². The van der Waals surface area contributed by atoms with Crippen LogP contribution in [0.25, 0.3) is 0 Å². The fourth-order valence-corrected chi connectivity index (χ4v) is 2.64. The van der Waals surface area contributed by atoms with Gasteiger partial charge >= 0.3 is 0 Å². The highest BCUT2D eigenvalue weighted by Gasteiger charge is 2.11. The minimum atomic E-state index is -0.195. The standard InChI is InChI=1S/C9H14N2OS2/c1-6(2)14-5-7-3-4-13-8(7)9(12)11-10/h3-4,6H,5,10H2,1-2H3,(H,11,12). The molecule has 14 heavy (non-hydrogen) atoms. The number of thioether (sulfide) groups is 1. The zero-order valence-electron chi connectivity index (χ0n) is 8.24. The zero-order chi connectivity index (χ0) is 10.6. The Hall–Kier alpha value is -0.520. The van der Waals surface area contributed by atoms with Gasteiger partial charge in [0.2, 0.25) is 0 Å². The summed E-state index contributed by atoms with van der Waals surface area (Å²) in [5, 5.41) is 2.49. The molecule has 3 N–H and O–H groups in total. The second kappa shape index (κ2) is 5.38. The number of amides is 1. The Morgan fingerprint density at radius 2 is 2.43 bits per heavy atom. The van der Waals surface area contributed by atoms with Crippen LogP contribution in [-0.4, -0.2) is 11.2 Å². The van der Waals surface area contributed by atoms with Gasteiger partial charge in [-0.1, -0.05) is 13.8 Å². The largest absolute Gasteiger partial charge is 0.289 e. The third-order valence-electron chi connectivity index (χ3n) is 1.66. The summed E-state index contributed by atoms with van der Waals surface area (Å²) in [5.41, 5.74) is 3.22. The average Bonchev–Trinajstić information content (AvgIpc) is 2.61. The second-order valence-electron chi connectivity index (χ2n) is 3.11. The number of carbonyl (C=O) groups excluding carboxylic acids is 1. The molecule has 0 fully saturated rings. The Balaban J connectivity index is 2.67. The Kier molecular flexibility index (Phi) is 4.44. The fraction of sp³-hybridized carbons (Fsp3) is 0.444. The molecule has 0 bridgehead atoms. The molecule has 78 valence electrons. The van der Waals surface area contributed by atoms with Crippen molar-refractivity contribution in [1.29, 1.82) is 0 Å². The first kappa shape index (κ1) is 11.6. The van der Waals surface area contributed by atoms with Gasteiger partial charge < -0.3 is 0 Å². The number of hydrogen-bond acceptors (Lipinski definition) is 4. The first-order valence-corrected chi connectivity index (χ1v) is 6.27. The monoisotopic (exact) mass is 230 g/mol. The summed E-state index contributed by atoms with van der Waals surface area (Å²) in [4.78, 5) is 12.0. The maximum atomic E-state index is 11.3. The van der Waals surface area contributed by atoms with Crippen LogP contribution >= 0.6 is 23.1 Å². The van der Waals surface area contributed by atoms with Crippen LogP contribution < -0.4 is 11.3 Å². The molecule has 0 atom stereocenters. The van der Waals surface area contributed by atoms with E-state index in [-0.39, 0.29) is 5.91 Å². The van der Waals surface area contributed by atoms with Crippen molar-refractivity contribution in [2.45, 2.75) is 24.9 Å². The summed E-state index contributed by atoms with van der Waals surface area (Å²) < 4.78 is 0. The van der Waals surface area contributed by atoms with Gasteiger partial charge in [0.05, 0.1) is 4.88 Å². The van der Waals surface area contributed by atoms with E-state index < -0.39 is 0 Å². The number of carbonyl (C=O) groups is 1. The van der Waals surface area contributed by atoms with E-state index in [0.717, 1.165) is 16.2 Å². The second-order valence-corrected chi connectivity index (χ2v) is 5.59. The molecule has 1 aromatic heterocycles. The highest BCUT2D eigenvalue weighted by molar-refractivity contribution is 7.99. The Bertz CT molecular complexity index is 310. The summed E-state index contributed by atoms with van der Waals surface area (Å²) >= 11 is 3.25. The summed E-state index contributed by atoms with van der Waals surface area (Å²) in [6.07, 6.45) is 0. The molecule has 1 aromatic rings. The molecule has 1 heterocycles. The van der Waals surface area contributed by atoms with Gasteiger partial charge in [0, 0.05) is 5.75 Å². The quantitative estimate of drug-likeness (QED) is 0.472. The van der Waals surface area contributed by atoms with Gasteiger partial charge in [-0.2, -0.15) is 11.8 Å². The molecular weight excluding hydrogens is 216 g/mol. The predicted molar refractivity (Wildman–Crippen MR) is 62.4 cm³/mol. The summed E-state index contributed by atoms with van der Waals surface area (Å²) in [7, 11) is 0. The van der Waals surface area contributed by atoms with Crippen molar-refractivity contribution in [2.24, 2.45) is 5.84 Å². The number of thiophene rings is 1. The normalized spacial score (nSPS) is 10.6. The minimum Gasteiger partial charge on any atom is -0.289 e. The van der Waals surface area contributed by atoms with Gasteiger partial charge in [0.15, 0.2) is 0 Å². The summed E-state index contributed by atoms with van der Waals surface area (Å²) in [6.45, 7) is 4.28. The molecule has 0 aliphatic heterocycles. The van der Waals surface area contributed by atoms with Crippen LogP contribution in [0.2, 0.25) is 0 Å². The van der Waals surface area contributed by atoms with E-state index in [9.17, 15) is 4.79 Å². The molecule has 0 saturated carbocycles. The van der Waals surface area contributed by atoms with Crippen LogP contribution in [0.5, 0.6) is 0 Å². The van der Waals surface area contributed by atoms with Gasteiger partial charge in [-0.15, -0.1) is 11.3 Å². The van der Waals surface area contributed by atoms with Crippen LogP contribution in [0.3, 0.4) is 0 Å². The first-order valence-electron chi connectivity index (χ1n) is 4.34. The topological polar surface area (TPSA) is 55.1 Å². The molecule has 0 radical (unpaired) electrons. The van der Waals surface area contributed by atoms with Crippen molar-refractivity contribution in [3.63, 3.8) is 0 Å². The molecule has 3 nitrogen and oxygen atoms in total. The number of rotatable bonds is 4. The smallest absolute Gasteiger partial charge is 0.275 e. The molecule has 1 rings (SSSR count). The number of nitrogen functional groups attached to an aromatic ring is 1. The van der Waals surface area contributed by atoms with E-state index in [2.05, 4.69) is 19.3 Å². The minimum absolute atomic E-state index is 0.195. The van der Waals surface area contributed by atoms with Crippen LogP contribution in [0.15, 0.2) is 11.4 Å². The van der Waals surface area contributed by atoms with E-state index in [0.29, 0.717) is 5.25 Å².